The number of hydrogen-bond donors (Lipinski definition) is 1. The summed E-state index contributed by atoms with van der Waals surface area (Å²) in [5.41, 5.74) is 2.52. The van der Waals surface area contributed by atoms with Crippen LogP contribution in [0, 0.1) is 13.8 Å². The first-order chi connectivity index (χ1) is 14.2. The van der Waals surface area contributed by atoms with Crippen molar-refractivity contribution in [3.05, 3.63) is 53.6 Å². The van der Waals surface area contributed by atoms with Gasteiger partial charge in [0.25, 0.3) is 0 Å². The molecule has 2 aromatic carbocycles. The molecule has 30 heavy (non-hydrogen) atoms. The molecular weight excluding hydrogens is 404 g/mol. The van der Waals surface area contributed by atoms with Crippen molar-refractivity contribution in [1.29, 1.82) is 0 Å². The summed E-state index contributed by atoms with van der Waals surface area (Å²) in [5, 5.41) is 2.79. The van der Waals surface area contributed by atoms with Gasteiger partial charge in [-0.25, -0.2) is 8.42 Å². The van der Waals surface area contributed by atoms with Gasteiger partial charge in [-0.1, -0.05) is 18.2 Å². The van der Waals surface area contributed by atoms with Crippen LogP contribution in [0.3, 0.4) is 0 Å². The molecular formula is C22H30N2O5S. The lowest BCUT2D eigenvalue weighted by Gasteiger charge is -2.24. The molecule has 0 aliphatic carbocycles. The number of hydrogen-bond acceptors (Lipinski definition) is 5. The Kier molecular flexibility index (Phi) is 8.53. The third-order valence-corrected chi connectivity index (χ3v) is 5.71. The van der Waals surface area contributed by atoms with Crippen molar-refractivity contribution in [3.8, 4) is 11.5 Å². The Balaban J connectivity index is 1.79. The molecule has 7 nitrogen and oxygen atoms in total. The van der Waals surface area contributed by atoms with Crippen LogP contribution in [0.2, 0.25) is 0 Å². The number of benzene rings is 2. The molecule has 0 radical (unpaired) electrons. The van der Waals surface area contributed by atoms with E-state index in [1.807, 2.05) is 50.2 Å². The van der Waals surface area contributed by atoms with E-state index in [0.717, 1.165) is 11.1 Å². The summed E-state index contributed by atoms with van der Waals surface area (Å²) in [4.78, 5) is 12.1. The zero-order chi connectivity index (χ0) is 22.1. The van der Waals surface area contributed by atoms with Gasteiger partial charge in [-0.3, -0.25) is 9.10 Å². The Morgan fingerprint density at radius 2 is 1.83 bits per heavy atom. The molecule has 0 aromatic heterocycles. The number of ether oxygens (including phenoxy) is 2. The Hall–Kier alpha value is -2.74. The van der Waals surface area contributed by atoms with E-state index in [1.54, 1.807) is 13.2 Å². The third-order valence-electron chi connectivity index (χ3n) is 4.53. The van der Waals surface area contributed by atoms with Crippen molar-refractivity contribution >= 4 is 21.6 Å². The minimum absolute atomic E-state index is 0.140. The first-order valence-electron chi connectivity index (χ1n) is 9.79. The fraction of sp³-hybridized carbons (Fsp3) is 0.409. The van der Waals surface area contributed by atoms with Crippen molar-refractivity contribution in [3.63, 3.8) is 0 Å². The number of sulfonamides is 1. The van der Waals surface area contributed by atoms with Gasteiger partial charge in [0, 0.05) is 19.0 Å². The number of amides is 1. The molecule has 0 saturated heterocycles. The minimum Gasteiger partial charge on any atom is -0.497 e. The number of carbonyl (C=O) groups is 1. The molecule has 0 spiro atoms. The van der Waals surface area contributed by atoms with Crippen molar-refractivity contribution in [2.24, 2.45) is 0 Å². The van der Waals surface area contributed by atoms with Gasteiger partial charge in [0.1, 0.15) is 18.1 Å². The molecule has 0 atom stereocenters. The largest absolute Gasteiger partial charge is 0.497 e. The van der Waals surface area contributed by atoms with Crippen LogP contribution in [0.4, 0.5) is 5.69 Å². The fourth-order valence-electron chi connectivity index (χ4n) is 2.97. The van der Waals surface area contributed by atoms with Crippen LogP contribution in [0.5, 0.6) is 11.5 Å². The Labute approximate surface area is 179 Å². The highest BCUT2D eigenvalue weighted by Crippen LogP contribution is 2.24. The zero-order valence-electron chi connectivity index (χ0n) is 18.0. The number of anilines is 1. The highest BCUT2D eigenvalue weighted by molar-refractivity contribution is 7.92. The Bertz CT molecular complexity index is 960. The van der Waals surface area contributed by atoms with Crippen molar-refractivity contribution in [1.82, 2.24) is 5.32 Å². The molecule has 0 aliphatic heterocycles. The summed E-state index contributed by atoms with van der Waals surface area (Å²) in [5.74, 6) is 1.23. The predicted molar refractivity (Wildman–Crippen MR) is 119 cm³/mol. The summed E-state index contributed by atoms with van der Waals surface area (Å²) < 4.78 is 36.6. The summed E-state index contributed by atoms with van der Waals surface area (Å²) in [6.07, 6.45) is 1.84. The van der Waals surface area contributed by atoms with Crippen molar-refractivity contribution in [2.45, 2.75) is 26.7 Å². The van der Waals surface area contributed by atoms with Crippen LogP contribution < -0.4 is 19.1 Å². The number of nitrogens with zero attached hydrogens (tertiary/aromatic N) is 1. The molecule has 0 heterocycles. The summed E-state index contributed by atoms with van der Waals surface area (Å²) in [6, 6.07) is 12.9. The van der Waals surface area contributed by atoms with E-state index in [-0.39, 0.29) is 18.9 Å². The second kappa shape index (κ2) is 10.9. The van der Waals surface area contributed by atoms with Crippen LogP contribution >= 0.6 is 0 Å². The van der Waals surface area contributed by atoms with Crippen LogP contribution in [-0.4, -0.2) is 47.4 Å². The standard InChI is InChI=1S/C22H30N2O5S/c1-17-10-11-18(2)21(15-17)24(30(4,26)27)13-6-9-22(25)23-12-14-29-20-8-5-7-19(16-20)28-3/h5,7-8,10-11,15-16H,6,9,12-14H2,1-4H3,(H,23,25). The second-order valence-corrected chi connectivity index (χ2v) is 9.01. The molecule has 0 unspecified atom stereocenters. The normalized spacial score (nSPS) is 11.1. The van der Waals surface area contributed by atoms with Gasteiger partial charge in [-0.15, -0.1) is 0 Å². The molecule has 1 amide bonds. The maximum absolute atomic E-state index is 12.3. The monoisotopic (exact) mass is 434 g/mol. The van der Waals surface area contributed by atoms with Gasteiger partial charge >= 0.3 is 0 Å². The maximum Gasteiger partial charge on any atom is 0.232 e. The average molecular weight is 435 g/mol. The highest BCUT2D eigenvalue weighted by atomic mass is 32.2. The van der Waals surface area contributed by atoms with Crippen LogP contribution in [-0.2, 0) is 14.8 Å². The van der Waals surface area contributed by atoms with Gasteiger partial charge in [-0.2, -0.15) is 0 Å². The summed E-state index contributed by atoms with van der Waals surface area (Å²) in [7, 11) is -1.85. The molecule has 0 fully saturated rings. The van der Waals surface area contributed by atoms with Crippen LogP contribution in [0.25, 0.3) is 0 Å². The SMILES string of the molecule is COc1cccc(OCCNC(=O)CCCN(c2cc(C)ccc2C)S(C)(=O)=O)c1. The van der Waals surface area contributed by atoms with Crippen LogP contribution in [0.1, 0.15) is 24.0 Å². The molecule has 0 aliphatic rings. The van der Waals surface area contributed by atoms with Crippen molar-refractivity contribution in [2.75, 3.05) is 37.4 Å². The van der Waals surface area contributed by atoms with E-state index in [0.29, 0.717) is 36.8 Å². The molecule has 2 aromatic rings. The number of nitrogens with one attached hydrogen (secondary N) is 1. The molecule has 1 N–H and O–H groups in total. The van der Waals surface area contributed by atoms with Crippen LogP contribution in [0.15, 0.2) is 42.5 Å². The average Bonchev–Trinajstić information content (AvgIpc) is 2.70. The first-order valence-corrected chi connectivity index (χ1v) is 11.6. The number of rotatable bonds is 11. The van der Waals surface area contributed by atoms with E-state index < -0.39 is 10.0 Å². The minimum atomic E-state index is -3.44. The number of carbonyl (C=O) groups excluding carboxylic acids is 1. The lowest BCUT2D eigenvalue weighted by Crippen LogP contribution is -2.33. The third kappa shape index (κ3) is 7.26. The first kappa shape index (κ1) is 23.5. The topological polar surface area (TPSA) is 84.9 Å². The zero-order valence-corrected chi connectivity index (χ0v) is 18.8. The smallest absolute Gasteiger partial charge is 0.232 e. The van der Waals surface area contributed by atoms with Gasteiger partial charge in [-0.05, 0) is 49.6 Å². The van der Waals surface area contributed by atoms with E-state index in [1.165, 1.54) is 10.6 Å². The van der Waals surface area contributed by atoms with Gasteiger partial charge in [0.05, 0.1) is 25.6 Å². The summed E-state index contributed by atoms with van der Waals surface area (Å²) >= 11 is 0. The lowest BCUT2D eigenvalue weighted by atomic mass is 10.1. The van der Waals surface area contributed by atoms with Crippen molar-refractivity contribution < 1.29 is 22.7 Å². The quantitative estimate of drug-likeness (QED) is 0.550. The Morgan fingerprint density at radius 3 is 2.53 bits per heavy atom. The second-order valence-electron chi connectivity index (χ2n) is 7.11. The molecule has 0 saturated carbocycles. The number of methoxy groups -OCH3 is 1. The van der Waals surface area contributed by atoms with Gasteiger partial charge in [0.2, 0.25) is 15.9 Å². The van der Waals surface area contributed by atoms with E-state index in [4.69, 9.17) is 9.47 Å². The van der Waals surface area contributed by atoms with E-state index >= 15 is 0 Å². The number of aryl methyl sites for hydroxylation is 2. The fourth-order valence-corrected chi connectivity index (χ4v) is 3.99. The van der Waals surface area contributed by atoms with E-state index in [2.05, 4.69) is 5.32 Å². The molecule has 8 heteroatoms. The lowest BCUT2D eigenvalue weighted by molar-refractivity contribution is -0.121. The summed E-state index contributed by atoms with van der Waals surface area (Å²) in [6.45, 7) is 4.74. The van der Waals surface area contributed by atoms with Gasteiger partial charge < -0.3 is 14.8 Å². The molecule has 2 rings (SSSR count). The molecule has 164 valence electrons. The highest BCUT2D eigenvalue weighted by Gasteiger charge is 2.19. The van der Waals surface area contributed by atoms with Gasteiger partial charge in [0.15, 0.2) is 0 Å². The predicted octanol–water partition coefficient (Wildman–Crippen LogP) is 3.05. The van der Waals surface area contributed by atoms with E-state index in [9.17, 15) is 13.2 Å². The maximum atomic E-state index is 12.3. The Morgan fingerprint density at radius 1 is 1.10 bits per heavy atom. The molecule has 0 bridgehead atoms.